The Morgan fingerprint density at radius 1 is 0.522 bits per heavy atom. The van der Waals surface area contributed by atoms with Gasteiger partial charge < -0.3 is 0 Å². The smallest absolute Gasteiger partial charge is 0.256 e. The molecule has 0 spiro atoms. The molecule has 218 valence electrons. The van der Waals surface area contributed by atoms with Crippen LogP contribution < -0.4 is 0 Å². The first-order chi connectivity index (χ1) is 21.8. The van der Waals surface area contributed by atoms with E-state index in [4.69, 9.17) is 0 Å². The quantitative estimate of drug-likeness (QED) is 0.218. The first-order valence-electron chi connectivity index (χ1n) is 12.5. The highest BCUT2D eigenvalue weighted by molar-refractivity contribution is 6.29. The van der Waals surface area contributed by atoms with E-state index in [0.29, 0.717) is 24.5 Å². The number of aromatic nitrogens is 2. The first-order valence-corrected chi connectivity index (χ1v) is 12.5. The summed E-state index contributed by atoms with van der Waals surface area (Å²) in [7, 11) is 0. The van der Waals surface area contributed by atoms with Crippen molar-refractivity contribution >= 4 is 33.4 Å². The van der Waals surface area contributed by atoms with Crippen molar-refractivity contribution in [2.45, 2.75) is 12.4 Å². The van der Waals surface area contributed by atoms with E-state index in [0.717, 1.165) is 12.1 Å². The second-order valence-electron chi connectivity index (χ2n) is 9.47. The van der Waals surface area contributed by atoms with Gasteiger partial charge in [0.05, 0.1) is 33.7 Å². The van der Waals surface area contributed by atoms with Crippen LogP contribution in [0.5, 0.6) is 0 Å². The molecule has 2 aliphatic carbocycles. The predicted octanol–water partition coefficient (Wildman–Crippen LogP) is 7.01. The maximum absolute atomic E-state index is 13.2. The lowest BCUT2D eigenvalue weighted by molar-refractivity contribution is -0.138. The maximum atomic E-state index is 13.2. The van der Waals surface area contributed by atoms with Gasteiger partial charge in [-0.3, -0.25) is 9.97 Å². The SMILES string of the molecule is N#CC(C#N)=C1C(c2ccc(C(F)(F)F)cn2)=C(C#N)c2cc3c(cc21)C(=C(C#N)C#N)C(c1ccc(C(F)(F)F)cn1)=C3C#N. The van der Waals surface area contributed by atoms with Crippen LogP contribution in [-0.4, -0.2) is 9.97 Å². The van der Waals surface area contributed by atoms with E-state index in [1.54, 1.807) is 24.3 Å². The molecule has 3 aromatic rings. The summed E-state index contributed by atoms with van der Waals surface area (Å²) in [5.74, 6) is 0. The summed E-state index contributed by atoms with van der Waals surface area (Å²) in [6, 6.07) is 16.6. The first kappa shape index (κ1) is 30.5. The van der Waals surface area contributed by atoms with E-state index in [2.05, 4.69) is 9.97 Å². The second-order valence-corrected chi connectivity index (χ2v) is 9.47. The lowest BCUT2D eigenvalue weighted by Gasteiger charge is -2.12. The average Bonchev–Trinajstić information content (AvgIpc) is 3.52. The zero-order valence-electron chi connectivity index (χ0n) is 22.5. The molecule has 0 bridgehead atoms. The molecule has 0 unspecified atom stereocenters. The fraction of sp³-hybridized carbons (Fsp3) is 0.0625. The number of hydrogen-bond acceptors (Lipinski definition) is 8. The van der Waals surface area contributed by atoms with Crippen molar-refractivity contribution in [1.29, 1.82) is 31.6 Å². The van der Waals surface area contributed by atoms with Crippen LogP contribution >= 0.6 is 0 Å². The Balaban J connectivity index is 1.86. The Morgan fingerprint density at radius 3 is 1.13 bits per heavy atom. The van der Waals surface area contributed by atoms with Crippen molar-refractivity contribution in [2.75, 3.05) is 0 Å². The van der Waals surface area contributed by atoms with Gasteiger partial charge in [0.25, 0.3) is 0 Å². The monoisotopic (exact) mass is 618 g/mol. The van der Waals surface area contributed by atoms with Crippen molar-refractivity contribution in [3.05, 3.63) is 105 Å². The van der Waals surface area contributed by atoms with Crippen LogP contribution in [0.15, 0.2) is 59.9 Å². The third-order valence-corrected chi connectivity index (χ3v) is 7.10. The molecule has 0 N–H and O–H groups in total. The van der Waals surface area contributed by atoms with E-state index in [9.17, 15) is 57.9 Å². The Morgan fingerprint density at radius 2 is 0.870 bits per heavy atom. The van der Waals surface area contributed by atoms with Gasteiger partial charge in [-0.1, -0.05) is 0 Å². The number of rotatable bonds is 2. The van der Waals surface area contributed by atoms with E-state index < -0.39 is 34.6 Å². The molecule has 8 nitrogen and oxygen atoms in total. The summed E-state index contributed by atoms with van der Waals surface area (Å²) >= 11 is 0. The summed E-state index contributed by atoms with van der Waals surface area (Å²) in [6.45, 7) is 0. The van der Waals surface area contributed by atoms with E-state index in [1.807, 2.05) is 12.1 Å². The maximum Gasteiger partial charge on any atom is 0.417 e. The Labute approximate surface area is 254 Å². The van der Waals surface area contributed by atoms with Crippen molar-refractivity contribution < 1.29 is 26.3 Å². The molecular formula is C32H8F6N8. The number of pyridine rings is 2. The molecule has 2 heterocycles. The fourth-order valence-corrected chi connectivity index (χ4v) is 5.17. The molecule has 0 amide bonds. The van der Waals surface area contributed by atoms with Gasteiger partial charge >= 0.3 is 12.4 Å². The standard InChI is InChI=1S/C32H8F6N8/c33-31(34,35)17-1-3-25(45-13-17)29-23(11-43)19-5-20-22(6-21(19)27(29)15(7-39)8-40)28(16(9-41)10-42)30(24(20)12-44)26-4-2-18(14-46-26)32(36,37)38/h1-6,13-14H. The van der Waals surface area contributed by atoms with Gasteiger partial charge in [-0.25, -0.2) is 0 Å². The zero-order valence-corrected chi connectivity index (χ0v) is 22.5. The van der Waals surface area contributed by atoms with Crippen molar-refractivity contribution in [1.82, 2.24) is 9.97 Å². The van der Waals surface area contributed by atoms with E-state index in [1.165, 1.54) is 12.1 Å². The Bertz CT molecular complexity index is 2070. The van der Waals surface area contributed by atoms with Gasteiger partial charge in [0, 0.05) is 45.8 Å². The van der Waals surface area contributed by atoms with Gasteiger partial charge in [0.1, 0.15) is 47.6 Å². The van der Waals surface area contributed by atoms with Crippen LogP contribution in [0.3, 0.4) is 0 Å². The number of allylic oxidation sites excluding steroid dienone is 8. The molecule has 14 heteroatoms. The summed E-state index contributed by atoms with van der Waals surface area (Å²) < 4.78 is 79.3. The van der Waals surface area contributed by atoms with E-state index >= 15 is 0 Å². The fourth-order valence-electron chi connectivity index (χ4n) is 5.17. The second kappa shape index (κ2) is 10.9. The largest absolute Gasteiger partial charge is 0.417 e. The molecule has 2 aromatic heterocycles. The summed E-state index contributed by atoms with van der Waals surface area (Å²) in [5, 5.41) is 59.6. The topological polar surface area (TPSA) is 169 Å². The summed E-state index contributed by atoms with van der Waals surface area (Å²) in [6.07, 6.45) is -8.43. The van der Waals surface area contributed by atoms with Gasteiger partial charge in [0.15, 0.2) is 0 Å². The summed E-state index contributed by atoms with van der Waals surface area (Å²) in [4.78, 5) is 7.68. The van der Waals surface area contributed by atoms with Crippen molar-refractivity contribution in [3.63, 3.8) is 0 Å². The van der Waals surface area contributed by atoms with Crippen LogP contribution in [0.4, 0.5) is 26.3 Å². The molecule has 0 saturated carbocycles. The predicted molar refractivity (Wildman–Crippen MR) is 146 cm³/mol. The van der Waals surface area contributed by atoms with Gasteiger partial charge in [-0.2, -0.15) is 57.9 Å². The molecule has 5 rings (SSSR count). The number of nitrogens with zero attached hydrogens (tertiary/aromatic N) is 8. The van der Waals surface area contributed by atoms with Gasteiger partial charge in [0.2, 0.25) is 0 Å². The average molecular weight is 618 g/mol. The van der Waals surface area contributed by atoms with Crippen LogP contribution in [0, 0.1) is 68.0 Å². The number of alkyl halides is 6. The minimum absolute atomic E-state index is 0.0248. The molecule has 0 atom stereocenters. The highest BCUT2D eigenvalue weighted by Gasteiger charge is 2.39. The molecule has 2 aliphatic rings. The van der Waals surface area contributed by atoms with Crippen LogP contribution in [0.25, 0.3) is 33.4 Å². The number of nitriles is 6. The van der Waals surface area contributed by atoms with Crippen LogP contribution in [0.1, 0.15) is 44.8 Å². The van der Waals surface area contributed by atoms with Crippen LogP contribution in [-0.2, 0) is 12.4 Å². The molecule has 1 aromatic carbocycles. The zero-order chi connectivity index (χ0) is 33.6. The molecule has 0 radical (unpaired) electrons. The Kier molecular flexibility index (Phi) is 7.23. The molecule has 0 saturated heterocycles. The Hall–Kier alpha value is -7.00. The molecule has 46 heavy (non-hydrogen) atoms. The number of hydrogen-bond donors (Lipinski definition) is 0. The van der Waals surface area contributed by atoms with Gasteiger partial charge in [-0.15, -0.1) is 0 Å². The normalized spacial score (nSPS) is 13.5. The minimum Gasteiger partial charge on any atom is -0.256 e. The number of halogens is 6. The minimum atomic E-state index is -4.73. The lowest BCUT2D eigenvalue weighted by Crippen LogP contribution is -2.06. The van der Waals surface area contributed by atoms with Crippen LogP contribution in [0.2, 0.25) is 0 Å². The van der Waals surface area contributed by atoms with Crippen molar-refractivity contribution in [3.8, 4) is 36.4 Å². The molecule has 0 fully saturated rings. The van der Waals surface area contributed by atoms with Gasteiger partial charge in [-0.05, 0) is 47.5 Å². The highest BCUT2D eigenvalue weighted by Crippen LogP contribution is 2.54. The van der Waals surface area contributed by atoms with Crippen molar-refractivity contribution in [2.24, 2.45) is 0 Å². The molecule has 0 aliphatic heterocycles. The number of benzene rings is 1. The molecular weight excluding hydrogens is 610 g/mol. The lowest BCUT2D eigenvalue weighted by atomic mass is 9.90. The third kappa shape index (κ3) is 4.70. The highest BCUT2D eigenvalue weighted by atomic mass is 19.4. The third-order valence-electron chi connectivity index (χ3n) is 7.10. The van der Waals surface area contributed by atoms with E-state index in [-0.39, 0.29) is 67.1 Å². The summed E-state index contributed by atoms with van der Waals surface area (Å²) in [5.41, 5.74) is -4.62. The number of fused-ring (bicyclic) bond motifs is 2.